The summed E-state index contributed by atoms with van der Waals surface area (Å²) in [6.45, 7) is 1.96. The third kappa shape index (κ3) is 5.12. The van der Waals surface area contributed by atoms with Crippen molar-refractivity contribution in [1.82, 2.24) is 0 Å². The van der Waals surface area contributed by atoms with Gasteiger partial charge in [0.05, 0.1) is 11.4 Å². The summed E-state index contributed by atoms with van der Waals surface area (Å²) in [6.07, 6.45) is 0. The summed E-state index contributed by atoms with van der Waals surface area (Å²) in [5.74, 6) is 0. The maximum atomic E-state index is 6.13. The number of anilines is 2. The van der Waals surface area contributed by atoms with Crippen molar-refractivity contribution >= 4 is 51.7 Å². The van der Waals surface area contributed by atoms with Gasteiger partial charge in [-0.1, -0.05) is 35.9 Å². The Morgan fingerprint density at radius 3 is 2.04 bits per heavy atom. The van der Waals surface area contributed by atoms with Gasteiger partial charge in [0.15, 0.2) is 5.11 Å². The predicted octanol–water partition coefficient (Wildman–Crippen LogP) is 6.87. The SMILES string of the molecule is Cc1ccc(NC(=S)Nc2ccc(N=Nc3ccccc3)cc2)cc1Cl. The van der Waals surface area contributed by atoms with Crippen LogP contribution in [0, 0.1) is 6.92 Å². The molecule has 3 aromatic carbocycles. The topological polar surface area (TPSA) is 48.8 Å². The number of halogens is 1. The molecule has 6 heteroatoms. The van der Waals surface area contributed by atoms with Crippen LogP contribution in [0.2, 0.25) is 5.02 Å². The Labute approximate surface area is 162 Å². The third-order valence-corrected chi connectivity index (χ3v) is 4.20. The molecule has 0 fully saturated rings. The van der Waals surface area contributed by atoms with Crippen LogP contribution in [0.5, 0.6) is 0 Å². The van der Waals surface area contributed by atoms with Crippen molar-refractivity contribution in [3.05, 3.63) is 83.4 Å². The van der Waals surface area contributed by atoms with Crippen LogP contribution in [0.15, 0.2) is 83.0 Å². The Bertz CT molecular complexity index is 924. The fraction of sp³-hybridized carbons (Fsp3) is 0.0500. The molecule has 0 atom stereocenters. The van der Waals surface area contributed by atoms with Crippen LogP contribution in [0.4, 0.5) is 22.7 Å². The van der Waals surface area contributed by atoms with E-state index < -0.39 is 0 Å². The molecule has 0 aliphatic heterocycles. The largest absolute Gasteiger partial charge is 0.332 e. The van der Waals surface area contributed by atoms with Crippen LogP contribution in [0.25, 0.3) is 0 Å². The maximum Gasteiger partial charge on any atom is 0.175 e. The molecular formula is C20H17ClN4S. The molecular weight excluding hydrogens is 364 g/mol. The Balaban J connectivity index is 1.59. The Morgan fingerprint density at radius 2 is 1.38 bits per heavy atom. The summed E-state index contributed by atoms with van der Waals surface area (Å²) in [5, 5.41) is 15.8. The predicted molar refractivity (Wildman–Crippen MR) is 113 cm³/mol. The summed E-state index contributed by atoms with van der Waals surface area (Å²) in [4.78, 5) is 0. The number of nitrogens with one attached hydrogen (secondary N) is 2. The van der Waals surface area contributed by atoms with Gasteiger partial charge < -0.3 is 10.6 Å². The molecule has 0 heterocycles. The Morgan fingerprint density at radius 1 is 0.808 bits per heavy atom. The van der Waals surface area contributed by atoms with Gasteiger partial charge in [0.2, 0.25) is 0 Å². The highest BCUT2D eigenvalue weighted by Crippen LogP contribution is 2.22. The lowest BCUT2D eigenvalue weighted by Gasteiger charge is -2.11. The van der Waals surface area contributed by atoms with Crippen molar-refractivity contribution in [2.24, 2.45) is 10.2 Å². The number of hydrogen-bond acceptors (Lipinski definition) is 3. The van der Waals surface area contributed by atoms with Gasteiger partial charge in [-0.05, 0) is 73.2 Å². The van der Waals surface area contributed by atoms with Crippen molar-refractivity contribution in [3.8, 4) is 0 Å². The highest BCUT2D eigenvalue weighted by atomic mass is 35.5. The average molecular weight is 381 g/mol. The van der Waals surface area contributed by atoms with Crippen molar-refractivity contribution in [2.75, 3.05) is 10.6 Å². The molecule has 0 saturated carbocycles. The van der Waals surface area contributed by atoms with Crippen LogP contribution in [-0.2, 0) is 0 Å². The lowest BCUT2D eigenvalue weighted by atomic mass is 10.2. The van der Waals surface area contributed by atoms with Crippen molar-refractivity contribution in [3.63, 3.8) is 0 Å². The molecule has 0 aromatic heterocycles. The molecule has 3 aromatic rings. The molecule has 0 radical (unpaired) electrons. The summed E-state index contributed by atoms with van der Waals surface area (Å²) >= 11 is 11.5. The van der Waals surface area contributed by atoms with E-state index >= 15 is 0 Å². The maximum absolute atomic E-state index is 6.13. The normalized spacial score (nSPS) is 10.7. The zero-order chi connectivity index (χ0) is 18.4. The van der Waals surface area contributed by atoms with E-state index in [1.165, 1.54) is 0 Å². The van der Waals surface area contributed by atoms with E-state index in [1.54, 1.807) is 0 Å². The average Bonchev–Trinajstić information content (AvgIpc) is 2.65. The second-order valence-corrected chi connectivity index (χ2v) is 6.44. The first-order valence-corrected chi connectivity index (χ1v) is 8.80. The second-order valence-electron chi connectivity index (χ2n) is 5.63. The summed E-state index contributed by atoms with van der Waals surface area (Å²) in [7, 11) is 0. The van der Waals surface area contributed by atoms with Gasteiger partial charge in [-0.15, -0.1) is 0 Å². The summed E-state index contributed by atoms with van der Waals surface area (Å²) < 4.78 is 0. The zero-order valence-electron chi connectivity index (χ0n) is 14.1. The lowest BCUT2D eigenvalue weighted by molar-refractivity contribution is 1.23. The quantitative estimate of drug-likeness (QED) is 0.383. The number of aryl methyl sites for hydroxylation is 1. The monoisotopic (exact) mass is 380 g/mol. The number of nitrogens with zero attached hydrogens (tertiary/aromatic N) is 2. The summed E-state index contributed by atoms with van der Waals surface area (Å²) in [5.41, 5.74) is 4.31. The molecule has 2 N–H and O–H groups in total. The first kappa shape index (κ1) is 18.0. The minimum Gasteiger partial charge on any atom is -0.332 e. The third-order valence-electron chi connectivity index (χ3n) is 3.59. The van der Waals surface area contributed by atoms with E-state index in [0.29, 0.717) is 10.1 Å². The molecule has 0 aliphatic carbocycles. The molecule has 0 amide bonds. The number of thiocarbonyl (C=S) groups is 1. The molecule has 130 valence electrons. The fourth-order valence-electron chi connectivity index (χ4n) is 2.19. The fourth-order valence-corrected chi connectivity index (χ4v) is 2.60. The zero-order valence-corrected chi connectivity index (χ0v) is 15.7. The van der Waals surface area contributed by atoms with Crippen LogP contribution in [0.1, 0.15) is 5.56 Å². The summed E-state index contributed by atoms with van der Waals surface area (Å²) in [6, 6.07) is 22.9. The van der Waals surface area contributed by atoms with Gasteiger partial charge in [0, 0.05) is 16.4 Å². The highest BCUT2D eigenvalue weighted by Gasteiger charge is 2.02. The molecule has 4 nitrogen and oxygen atoms in total. The molecule has 0 bridgehead atoms. The minimum atomic E-state index is 0.489. The Hall–Kier alpha value is -2.76. The standard InChI is InChI=1S/C20H17ClN4S/c1-14-7-8-18(13-19(14)21)23-20(26)22-15-9-11-17(12-10-15)25-24-16-5-3-2-4-6-16/h2-13H,1H3,(H2,22,23,26). The van der Waals surface area contributed by atoms with E-state index in [9.17, 15) is 0 Å². The van der Waals surface area contributed by atoms with Gasteiger partial charge in [-0.3, -0.25) is 0 Å². The smallest absolute Gasteiger partial charge is 0.175 e. The lowest BCUT2D eigenvalue weighted by Crippen LogP contribution is -2.18. The number of rotatable bonds is 4. The van der Waals surface area contributed by atoms with Crippen molar-refractivity contribution in [1.29, 1.82) is 0 Å². The van der Waals surface area contributed by atoms with Crippen LogP contribution < -0.4 is 10.6 Å². The van der Waals surface area contributed by atoms with Crippen LogP contribution in [-0.4, -0.2) is 5.11 Å². The highest BCUT2D eigenvalue weighted by molar-refractivity contribution is 7.80. The minimum absolute atomic E-state index is 0.489. The molecule has 26 heavy (non-hydrogen) atoms. The van der Waals surface area contributed by atoms with Gasteiger partial charge in [0.1, 0.15) is 0 Å². The van der Waals surface area contributed by atoms with Crippen LogP contribution >= 0.6 is 23.8 Å². The molecule has 0 aliphatic rings. The second kappa shape index (κ2) is 8.56. The van der Waals surface area contributed by atoms with Crippen molar-refractivity contribution < 1.29 is 0 Å². The molecule has 0 spiro atoms. The molecule has 0 unspecified atom stereocenters. The van der Waals surface area contributed by atoms with E-state index in [4.69, 9.17) is 23.8 Å². The Kier molecular flexibility index (Phi) is 5.94. The van der Waals surface area contributed by atoms with Gasteiger partial charge in [-0.2, -0.15) is 10.2 Å². The van der Waals surface area contributed by atoms with Gasteiger partial charge in [-0.25, -0.2) is 0 Å². The molecule has 3 rings (SSSR count). The van der Waals surface area contributed by atoms with E-state index in [2.05, 4.69) is 20.9 Å². The first-order valence-electron chi connectivity index (χ1n) is 8.01. The van der Waals surface area contributed by atoms with E-state index in [0.717, 1.165) is 28.3 Å². The molecule has 0 saturated heterocycles. The number of azo groups is 1. The van der Waals surface area contributed by atoms with Crippen molar-refractivity contribution in [2.45, 2.75) is 6.92 Å². The van der Waals surface area contributed by atoms with Gasteiger partial charge >= 0.3 is 0 Å². The van der Waals surface area contributed by atoms with Crippen LogP contribution in [0.3, 0.4) is 0 Å². The van der Waals surface area contributed by atoms with E-state index in [-0.39, 0.29) is 0 Å². The number of hydrogen-bond donors (Lipinski definition) is 2. The number of benzene rings is 3. The van der Waals surface area contributed by atoms with E-state index in [1.807, 2.05) is 79.7 Å². The van der Waals surface area contributed by atoms with Gasteiger partial charge in [0.25, 0.3) is 0 Å². The first-order chi connectivity index (χ1) is 12.6.